The maximum atomic E-state index is 11.5. The Morgan fingerprint density at radius 3 is 3.10 bits per heavy atom. The summed E-state index contributed by atoms with van der Waals surface area (Å²) >= 11 is 0. The van der Waals surface area contributed by atoms with E-state index in [-0.39, 0.29) is 18.1 Å². The van der Waals surface area contributed by atoms with Gasteiger partial charge in [-0.3, -0.25) is 4.79 Å². The lowest BCUT2D eigenvalue weighted by molar-refractivity contribution is -0.116. The first-order chi connectivity index (χ1) is 10.3. The van der Waals surface area contributed by atoms with Gasteiger partial charge in [0.1, 0.15) is 0 Å². The number of benzene rings is 1. The molecular weight excluding hydrogens is 264 g/mol. The molecule has 4 nitrogen and oxygen atoms in total. The Hall–Kier alpha value is -1.39. The third-order valence-corrected chi connectivity index (χ3v) is 4.33. The lowest BCUT2D eigenvalue weighted by Gasteiger charge is -2.26. The zero-order valence-electron chi connectivity index (χ0n) is 12.7. The van der Waals surface area contributed by atoms with E-state index >= 15 is 0 Å². The molecule has 1 aromatic rings. The van der Waals surface area contributed by atoms with Gasteiger partial charge in [-0.05, 0) is 49.4 Å². The zero-order valence-corrected chi connectivity index (χ0v) is 12.7. The summed E-state index contributed by atoms with van der Waals surface area (Å²) in [6.07, 6.45) is 5.08. The molecule has 0 spiro atoms. The zero-order chi connectivity index (χ0) is 14.7. The van der Waals surface area contributed by atoms with E-state index in [1.54, 1.807) is 0 Å². The van der Waals surface area contributed by atoms with Gasteiger partial charge in [-0.15, -0.1) is 0 Å². The third-order valence-electron chi connectivity index (χ3n) is 4.33. The highest BCUT2D eigenvalue weighted by Gasteiger charge is 2.27. The molecule has 114 valence electrons. The molecule has 1 aromatic carbocycles. The number of hydrogen-bond acceptors (Lipinski definition) is 3. The van der Waals surface area contributed by atoms with E-state index in [1.807, 2.05) is 6.07 Å². The lowest BCUT2D eigenvalue weighted by atomic mass is 9.94. The lowest BCUT2D eigenvalue weighted by Crippen LogP contribution is -2.32. The van der Waals surface area contributed by atoms with Crippen molar-refractivity contribution in [3.63, 3.8) is 0 Å². The second-order valence-electron chi connectivity index (χ2n) is 5.95. The highest BCUT2D eigenvalue weighted by atomic mass is 16.5. The van der Waals surface area contributed by atoms with Crippen LogP contribution in [0.15, 0.2) is 18.2 Å². The molecule has 0 aliphatic carbocycles. The average Bonchev–Trinajstić information content (AvgIpc) is 3.02. The highest BCUT2D eigenvalue weighted by molar-refractivity contribution is 5.93. The van der Waals surface area contributed by atoms with E-state index in [9.17, 15) is 4.79 Å². The number of amides is 1. The van der Waals surface area contributed by atoms with Crippen molar-refractivity contribution in [1.29, 1.82) is 0 Å². The van der Waals surface area contributed by atoms with E-state index in [4.69, 9.17) is 4.74 Å². The monoisotopic (exact) mass is 288 g/mol. The standard InChI is InChI=1S/C17H24N2O2/c1-2-9-18-17(15-4-3-10-21-15)13-5-7-14-12(11-13)6-8-16(20)19-14/h5,7,11,15,17-18H,2-4,6,8-10H2,1H3,(H,19,20). The minimum atomic E-state index is 0.120. The fourth-order valence-electron chi connectivity index (χ4n) is 3.23. The Morgan fingerprint density at radius 1 is 1.43 bits per heavy atom. The molecule has 3 rings (SSSR count). The van der Waals surface area contributed by atoms with Gasteiger partial charge >= 0.3 is 0 Å². The summed E-state index contributed by atoms with van der Waals surface area (Å²) in [5.41, 5.74) is 3.50. The number of carbonyl (C=O) groups is 1. The van der Waals surface area contributed by atoms with Crippen LogP contribution in [0.3, 0.4) is 0 Å². The van der Waals surface area contributed by atoms with Gasteiger partial charge < -0.3 is 15.4 Å². The predicted octanol–water partition coefficient (Wildman–Crippen LogP) is 2.79. The van der Waals surface area contributed by atoms with Gasteiger partial charge in [0.25, 0.3) is 0 Å². The molecule has 21 heavy (non-hydrogen) atoms. The second-order valence-corrected chi connectivity index (χ2v) is 5.95. The van der Waals surface area contributed by atoms with Crippen LogP contribution < -0.4 is 10.6 Å². The molecule has 0 bridgehead atoms. The van der Waals surface area contributed by atoms with Crippen molar-refractivity contribution in [1.82, 2.24) is 5.32 Å². The maximum Gasteiger partial charge on any atom is 0.224 e. The van der Waals surface area contributed by atoms with E-state index < -0.39 is 0 Å². The van der Waals surface area contributed by atoms with Crippen molar-refractivity contribution in [3.05, 3.63) is 29.3 Å². The number of carbonyl (C=O) groups excluding carboxylic acids is 1. The van der Waals surface area contributed by atoms with Crippen LogP contribution in [0, 0.1) is 0 Å². The fraction of sp³-hybridized carbons (Fsp3) is 0.588. The van der Waals surface area contributed by atoms with Gasteiger partial charge in [0.15, 0.2) is 0 Å². The second kappa shape index (κ2) is 6.58. The Bertz CT molecular complexity index is 510. The normalized spacial score (nSPS) is 22.7. The molecule has 2 N–H and O–H groups in total. The average molecular weight is 288 g/mol. The molecule has 2 heterocycles. The SMILES string of the molecule is CCCNC(c1ccc2c(c1)CCC(=O)N2)C1CCCO1. The summed E-state index contributed by atoms with van der Waals surface area (Å²) in [6, 6.07) is 6.66. The van der Waals surface area contributed by atoms with Gasteiger partial charge in [-0.1, -0.05) is 19.1 Å². The number of nitrogens with one attached hydrogen (secondary N) is 2. The summed E-state index contributed by atoms with van der Waals surface area (Å²) in [5, 5.41) is 6.58. The number of hydrogen-bond donors (Lipinski definition) is 2. The van der Waals surface area contributed by atoms with Crippen LogP contribution in [0.4, 0.5) is 5.69 Å². The number of ether oxygens (including phenoxy) is 1. The quantitative estimate of drug-likeness (QED) is 0.876. The van der Waals surface area contributed by atoms with Gasteiger partial charge in [-0.25, -0.2) is 0 Å². The van der Waals surface area contributed by atoms with Crippen molar-refractivity contribution >= 4 is 11.6 Å². The molecular formula is C17H24N2O2. The minimum Gasteiger partial charge on any atom is -0.376 e. The third kappa shape index (κ3) is 3.27. The Morgan fingerprint density at radius 2 is 2.33 bits per heavy atom. The molecule has 0 saturated carbocycles. The minimum absolute atomic E-state index is 0.120. The predicted molar refractivity (Wildman–Crippen MR) is 83.4 cm³/mol. The molecule has 2 aliphatic heterocycles. The molecule has 4 heteroatoms. The van der Waals surface area contributed by atoms with Gasteiger partial charge in [-0.2, -0.15) is 0 Å². The molecule has 2 atom stereocenters. The number of aryl methyl sites for hydroxylation is 1. The van der Waals surface area contributed by atoms with E-state index in [0.717, 1.165) is 44.5 Å². The van der Waals surface area contributed by atoms with E-state index in [1.165, 1.54) is 11.1 Å². The van der Waals surface area contributed by atoms with Crippen molar-refractivity contribution in [3.8, 4) is 0 Å². The van der Waals surface area contributed by atoms with Gasteiger partial charge in [0, 0.05) is 18.7 Å². The molecule has 0 aromatic heterocycles. The first-order valence-electron chi connectivity index (χ1n) is 8.05. The van der Waals surface area contributed by atoms with Crippen molar-refractivity contribution in [2.75, 3.05) is 18.5 Å². The van der Waals surface area contributed by atoms with Crippen LogP contribution in [-0.2, 0) is 16.0 Å². The summed E-state index contributed by atoms with van der Waals surface area (Å²) in [6.45, 7) is 4.05. The fourth-order valence-corrected chi connectivity index (χ4v) is 3.23. The van der Waals surface area contributed by atoms with Gasteiger partial charge in [0.2, 0.25) is 5.91 Å². The van der Waals surface area contributed by atoms with Crippen LogP contribution in [0.1, 0.15) is 49.8 Å². The van der Waals surface area contributed by atoms with Crippen molar-refractivity contribution < 1.29 is 9.53 Å². The van der Waals surface area contributed by atoms with Crippen LogP contribution in [0.2, 0.25) is 0 Å². The first-order valence-corrected chi connectivity index (χ1v) is 8.05. The first kappa shape index (κ1) is 14.5. The maximum absolute atomic E-state index is 11.5. The topological polar surface area (TPSA) is 50.4 Å². The Balaban J connectivity index is 1.82. The molecule has 1 amide bonds. The Labute approximate surface area is 126 Å². The molecule has 1 saturated heterocycles. The highest BCUT2D eigenvalue weighted by Crippen LogP contribution is 2.31. The van der Waals surface area contributed by atoms with Crippen LogP contribution in [0.5, 0.6) is 0 Å². The number of fused-ring (bicyclic) bond motifs is 1. The molecule has 0 radical (unpaired) electrons. The van der Waals surface area contributed by atoms with Crippen LogP contribution in [-0.4, -0.2) is 25.2 Å². The smallest absolute Gasteiger partial charge is 0.224 e. The summed E-state index contributed by atoms with van der Waals surface area (Å²) < 4.78 is 5.90. The van der Waals surface area contributed by atoms with Crippen LogP contribution >= 0.6 is 0 Å². The van der Waals surface area contributed by atoms with Crippen molar-refractivity contribution in [2.24, 2.45) is 0 Å². The number of rotatable bonds is 5. The van der Waals surface area contributed by atoms with Gasteiger partial charge in [0.05, 0.1) is 12.1 Å². The summed E-state index contributed by atoms with van der Waals surface area (Å²) in [4.78, 5) is 11.5. The summed E-state index contributed by atoms with van der Waals surface area (Å²) in [5.74, 6) is 0.120. The molecule has 2 unspecified atom stereocenters. The van der Waals surface area contributed by atoms with Crippen molar-refractivity contribution in [2.45, 2.75) is 51.2 Å². The van der Waals surface area contributed by atoms with E-state index in [0.29, 0.717) is 6.42 Å². The molecule has 1 fully saturated rings. The molecule has 2 aliphatic rings. The summed E-state index contributed by atoms with van der Waals surface area (Å²) in [7, 11) is 0. The van der Waals surface area contributed by atoms with E-state index in [2.05, 4.69) is 29.7 Å². The number of anilines is 1. The largest absolute Gasteiger partial charge is 0.376 e. The Kier molecular flexibility index (Phi) is 4.56. The van der Waals surface area contributed by atoms with Crippen LogP contribution in [0.25, 0.3) is 0 Å².